The third-order valence-electron chi connectivity index (χ3n) is 3.90. The fourth-order valence-corrected chi connectivity index (χ4v) is 4.04. The van der Waals surface area contributed by atoms with Crippen molar-refractivity contribution >= 4 is 39.3 Å². The van der Waals surface area contributed by atoms with Gasteiger partial charge in [0.05, 0.1) is 16.5 Å². The zero-order valence-corrected chi connectivity index (χ0v) is 16.7. The number of carbonyl (C=O) groups excluding carboxylic acids is 1. The van der Waals surface area contributed by atoms with E-state index in [1.54, 1.807) is 41.1 Å². The zero-order valence-electron chi connectivity index (χ0n) is 14.4. The van der Waals surface area contributed by atoms with Crippen LogP contribution in [-0.4, -0.2) is 30.7 Å². The van der Waals surface area contributed by atoms with Gasteiger partial charge in [0.15, 0.2) is 16.1 Å². The lowest BCUT2D eigenvalue weighted by molar-refractivity contribution is 0.111. The summed E-state index contributed by atoms with van der Waals surface area (Å²) in [6, 6.07) is 14.1. The molecular weight excluding hydrogens is 407 g/mol. The van der Waals surface area contributed by atoms with Gasteiger partial charge in [0, 0.05) is 23.4 Å². The van der Waals surface area contributed by atoms with Crippen molar-refractivity contribution in [3.05, 3.63) is 81.1 Å². The van der Waals surface area contributed by atoms with Crippen LogP contribution in [0.25, 0.3) is 5.69 Å². The first kappa shape index (κ1) is 19.6. The first-order valence-electron chi connectivity index (χ1n) is 8.00. The van der Waals surface area contributed by atoms with E-state index in [0.29, 0.717) is 34.1 Å². The van der Waals surface area contributed by atoms with Crippen molar-refractivity contribution in [2.45, 2.75) is 12.2 Å². The van der Waals surface area contributed by atoms with Crippen LogP contribution in [0.4, 0.5) is 0 Å². The second kappa shape index (κ2) is 7.84. The summed E-state index contributed by atoms with van der Waals surface area (Å²) in [5.74, 6) is 0.000878. The number of nitrogens with zero attached hydrogens (tertiary/aromatic N) is 2. The van der Waals surface area contributed by atoms with E-state index >= 15 is 0 Å². The predicted molar refractivity (Wildman–Crippen MR) is 107 cm³/mol. The molecule has 140 valence electrons. The lowest BCUT2D eigenvalue weighted by Crippen LogP contribution is -2.04. The minimum atomic E-state index is -3.08. The number of carbonyl (C=O) groups is 1. The lowest BCUT2D eigenvalue weighted by atomic mass is 10.1. The Bertz CT molecular complexity index is 1090. The monoisotopic (exact) mass is 422 g/mol. The average Bonchev–Trinajstić information content (AvgIpc) is 2.98. The van der Waals surface area contributed by atoms with Crippen LogP contribution in [0.15, 0.2) is 48.5 Å². The average molecular weight is 423 g/mol. The predicted octanol–water partition coefficient (Wildman–Crippen LogP) is 4.13. The third-order valence-corrected chi connectivity index (χ3v) is 5.29. The molecule has 0 aliphatic carbocycles. The molecule has 0 fully saturated rings. The minimum absolute atomic E-state index is 0.000878. The number of hydrogen-bond donors (Lipinski definition) is 0. The Hall–Kier alpha value is -2.15. The molecule has 3 rings (SSSR count). The van der Waals surface area contributed by atoms with Gasteiger partial charge in [0.2, 0.25) is 0 Å². The maximum Gasteiger partial charge on any atom is 0.170 e. The molecule has 0 unspecified atom stereocenters. The third kappa shape index (κ3) is 4.97. The van der Waals surface area contributed by atoms with Gasteiger partial charge in [0.1, 0.15) is 5.69 Å². The van der Waals surface area contributed by atoms with Gasteiger partial charge in [-0.3, -0.25) is 4.79 Å². The van der Waals surface area contributed by atoms with E-state index in [1.165, 1.54) is 6.26 Å². The molecular formula is C19H16Cl2N2O3S. The topological polar surface area (TPSA) is 69.0 Å². The molecule has 0 radical (unpaired) electrons. The molecule has 27 heavy (non-hydrogen) atoms. The Morgan fingerprint density at radius 2 is 1.70 bits per heavy atom. The molecule has 0 atom stereocenters. The molecule has 0 spiro atoms. The molecule has 0 aliphatic heterocycles. The zero-order chi connectivity index (χ0) is 19.6. The van der Waals surface area contributed by atoms with Crippen molar-refractivity contribution in [3.8, 4) is 5.69 Å². The van der Waals surface area contributed by atoms with Gasteiger partial charge in [-0.05, 0) is 35.4 Å². The quantitative estimate of drug-likeness (QED) is 0.560. The summed E-state index contributed by atoms with van der Waals surface area (Å²) in [5, 5.41) is 5.23. The van der Waals surface area contributed by atoms with Crippen LogP contribution in [0.2, 0.25) is 10.0 Å². The lowest BCUT2D eigenvalue weighted by Gasteiger charge is -2.10. The molecule has 0 amide bonds. The van der Waals surface area contributed by atoms with Crippen molar-refractivity contribution in [2.24, 2.45) is 0 Å². The van der Waals surface area contributed by atoms with Gasteiger partial charge < -0.3 is 0 Å². The first-order valence-corrected chi connectivity index (χ1v) is 10.8. The van der Waals surface area contributed by atoms with E-state index in [-0.39, 0.29) is 5.75 Å². The largest absolute Gasteiger partial charge is 0.296 e. The van der Waals surface area contributed by atoms with E-state index in [0.717, 1.165) is 16.8 Å². The second-order valence-corrected chi connectivity index (χ2v) is 9.23. The first-order chi connectivity index (χ1) is 12.7. The number of aromatic nitrogens is 2. The van der Waals surface area contributed by atoms with Crippen LogP contribution in [-0.2, 0) is 22.0 Å². The van der Waals surface area contributed by atoms with Crippen LogP contribution >= 0.6 is 23.2 Å². The highest BCUT2D eigenvalue weighted by molar-refractivity contribution is 7.89. The van der Waals surface area contributed by atoms with Gasteiger partial charge >= 0.3 is 0 Å². The van der Waals surface area contributed by atoms with E-state index in [4.69, 9.17) is 23.2 Å². The van der Waals surface area contributed by atoms with Crippen molar-refractivity contribution in [2.75, 3.05) is 6.26 Å². The Balaban J connectivity index is 1.93. The summed E-state index contributed by atoms with van der Waals surface area (Å²) in [4.78, 5) is 11.2. The molecule has 3 aromatic rings. The molecule has 1 aromatic heterocycles. The van der Waals surface area contributed by atoms with Gasteiger partial charge in [0.25, 0.3) is 0 Å². The molecule has 8 heteroatoms. The molecule has 2 aromatic carbocycles. The van der Waals surface area contributed by atoms with Crippen molar-refractivity contribution < 1.29 is 13.2 Å². The van der Waals surface area contributed by atoms with E-state index in [9.17, 15) is 13.2 Å². The van der Waals surface area contributed by atoms with Crippen LogP contribution in [0.1, 0.15) is 27.3 Å². The van der Waals surface area contributed by atoms with Crippen LogP contribution in [0.5, 0.6) is 0 Å². The van der Waals surface area contributed by atoms with Gasteiger partial charge in [-0.25, -0.2) is 13.1 Å². The maximum absolute atomic E-state index is 11.4. The maximum atomic E-state index is 11.4. The van der Waals surface area contributed by atoms with E-state index in [2.05, 4.69) is 5.10 Å². The summed E-state index contributed by atoms with van der Waals surface area (Å²) < 4.78 is 24.4. The summed E-state index contributed by atoms with van der Waals surface area (Å²) >= 11 is 12.2. The van der Waals surface area contributed by atoms with Crippen LogP contribution in [0, 0.1) is 0 Å². The highest BCUT2D eigenvalue weighted by Crippen LogP contribution is 2.26. The Morgan fingerprint density at radius 1 is 1.04 bits per heavy atom. The number of benzene rings is 2. The van der Waals surface area contributed by atoms with Gasteiger partial charge in [-0.1, -0.05) is 47.5 Å². The number of sulfone groups is 1. The molecule has 0 N–H and O–H groups in total. The normalized spacial score (nSPS) is 11.5. The molecule has 1 heterocycles. The Labute approximate surface area is 167 Å². The SMILES string of the molecule is CS(=O)(=O)Cc1ccc(Cc2cc(C=O)nn2-c2ccc(Cl)cc2Cl)cc1. The van der Waals surface area contributed by atoms with Crippen molar-refractivity contribution in [1.82, 2.24) is 9.78 Å². The fraction of sp³-hybridized carbons (Fsp3) is 0.158. The van der Waals surface area contributed by atoms with Crippen LogP contribution < -0.4 is 0 Å². The van der Waals surface area contributed by atoms with Gasteiger partial charge in [-0.2, -0.15) is 5.10 Å². The number of hydrogen-bond acceptors (Lipinski definition) is 4. The highest BCUT2D eigenvalue weighted by Gasteiger charge is 2.13. The summed E-state index contributed by atoms with van der Waals surface area (Å²) in [6.45, 7) is 0. The van der Waals surface area contributed by atoms with E-state index in [1.807, 2.05) is 12.1 Å². The standard InChI is InChI=1S/C19H16Cl2N2O3S/c1-27(25,26)12-14-4-2-13(3-5-14)8-17-10-16(11-24)22-23(17)19-7-6-15(20)9-18(19)21/h2-7,9-11H,8,12H2,1H3. The number of aldehydes is 1. The van der Waals surface area contributed by atoms with E-state index < -0.39 is 9.84 Å². The summed E-state index contributed by atoms with van der Waals surface area (Å²) in [7, 11) is -3.08. The van der Waals surface area contributed by atoms with Crippen LogP contribution in [0.3, 0.4) is 0 Å². The summed E-state index contributed by atoms with van der Waals surface area (Å²) in [6.07, 6.45) is 2.38. The molecule has 0 saturated heterocycles. The molecule has 0 saturated carbocycles. The van der Waals surface area contributed by atoms with Crippen molar-refractivity contribution in [1.29, 1.82) is 0 Å². The molecule has 0 bridgehead atoms. The van der Waals surface area contributed by atoms with Gasteiger partial charge in [-0.15, -0.1) is 0 Å². The second-order valence-electron chi connectivity index (χ2n) is 6.25. The molecule has 5 nitrogen and oxygen atoms in total. The number of halogens is 2. The molecule has 0 aliphatic rings. The minimum Gasteiger partial charge on any atom is -0.296 e. The summed E-state index contributed by atoms with van der Waals surface area (Å²) in [5.41, 5.74) is 3.37. The highest BCUT2D eigenvalue weighted by atomic mass is 35.5. The van der Waals surface area contributed by atoms with Crippen molar-refractivity contribution in [3.63, 3.8) is 0 Å². The Kier molecular flexibility index (Phi) is 5.69. The fourth-order valence-electron chi connectivity index (χ4n) is 2.75. The number of rotatable bonds is 6. The smallest absolute Gasteiger partial charge is 0.170 e. The Morgan fingerprint density at radius 3 is 2.30 bits per heavy atom.